The largest absolute Gasteiger partial charge is 0.256 e. The SMILES string of the molecule is N#Cc1ccc(C=Nc2ccc(Cl)c(Cl)c2)cc1. The van der Waals surface area contributed by atoms with Crippen molar-refractivity contribution in [3.63, 3.8) is 0 Å². The van der Waals surface area contributed by atoms with Gasteiger partial charge in [-0.25, -0.2) is 0 Å². The van der Waals surface area contributed by atoms with Crippen LogP contribution in [0.2, 0.25) is 10.0 Å². The number of hydrogen-bond donors (Lipinski definition) is 0. The molecule has 0 bridgehead atoms. The number of hydrogen-bond acceptors (Lipinski definition) is 2. The molecule has 88 valence electrons. The van der Waals surface area contributed by atoms with E-state index in [1.165, 1.54) is 0 Å². The molecule has 2 nitrogen and oxygen atoms in total. The van der Waals surface area contributed by atoms with E-state index < -0.39 is 0 Å². The molecule has 0 aliphatic carbocycles. The summed E-state index contributed by atoms with van der Waals surface area (Å²) in [6.45, 7) is 0. The van der Waals surface area contributed by atoms with E-state index >= 15 is 0 Å². The monoisotopic (exact) mass is 274 g/mol. The number of halogens is 2. The maximum atomic E-state index is 8.68. The smallest absolute Gasteiger partial charge is 0.0991 e. The second kappa shape index (κ2) is 5.68. The lowest BCUT2D eigenvalue weighted by molar-refractivity contribution is 1.48. The maximum absolute atomic E-state index is 8.68. The molecule has 2 aromatic rings. The number of rotatable bonds is 2. The molecule has 0 spiro atoms. The number of nitrogens with zero attached hydrogens (tertiary/aromatic N) is 2. The van der Waals surface area contributed by atoms with E-state index in [0.717, 1.165) is 11.3 Å². The van der Waals surface area contributed by atoms with Crippen molar-refractivity contribution >= 4 is 35.1 Å². The molecule has 0 amide bonds. The van der Waals surface area contributed by atoms with Crippen molar-refractivity contribution in [3.8, 4) is 6.07 Å². The fraction of sp³-hybridized carbons (Fsp3) is 0. The Balaban J connectivity index is 2.19. The molecule has 0 saturated carbocycles. The summed E-state index contributed by atoms with van der Waals surface area (Å²) in [6.07, 6.45) is 1.71. The molecule has 18 heavy (non-hydrogen) atoms. The van der Waals surface area contributed by atoms with Crippen LogP contribution in [0.15, 0.2) is 47.5 Å². The molecule has 4 heteroatoms. The third-order valence-electron chi connectivity index (χ3n) is 2.31. The molecule has 0 N–H and O–H groups in total. The summed E-state index contributed by atoms with van der Waals surface area (Å²) in [5.41, 5.74) is 2.27. The van der Waals surface area contributed by atoms with Gasteiger partial charge < -0.3 is 0 Å². The van der Waals surface area contributed by atoms with Gasteiger partial charge in [0.05, 0.1) is 27.4 Å². The molecule has 2 aromatic carbocycles. The van der Waals surface area contributed by atoms with Crippen LogP contribution in [-0.2, 0) is 0 Å². The fourth-order valence-corrected chi connectivity index (χ4v) is 1.65. The minimum atomic E-state index is 0.478. The van der Waals surface area contributed by atoms with Gasteiger partial charge in [-0.1, -0.05) is 35.3 Å². The zero-order valence-corrected chi connectivity index (χ0v) is 10.8. The summed E-state index contributed by atoms with van der Waals surface area (Å²) in [4.78, 5) is 4.28. The molecule has 0 saturated heterocycles. The van der Waals surface area contributed by atoms with Crippen LogP contribution in [0.4, 0.5) is 5.69 Å². The lowest BCUT2D eigenvalue weighted by Crippen LogP contribution is -1.81. The van der Waals surface area contributed by atoms with E-state index in [1.807, 2.05) is 12.1 Å². The van der Waals surface area contributed by atoms with Crippen LogP contribution >= 0.6 is 23.2 Å². The van der Waals surface area contributed by atoms with Gasteiger partial charge in [0.1, 0.15) is 0 Å². The Morgan fingerprint density at radius 3 is 2.33 bits per heavy atom. The van der Waals surface area contributed by atoms with Crippen LogP contribution in [0.1, 0.15) is 11.1 Å². The van der Waals surface area contributed by atoms with Gasteiger partial charge in [-0.15, -0.1) is 0 Å². The molecular weight excluding hydrogens is 267 g/mol. The van der Waals surface area contributed by atoms with Crippen molar-refractivity contribution in [2.45, 2.75) is 0 Å². The molecule has 0 atom stereocenters. The van der Waals surface area contributed by atoms with Crippen molar-refractivity contribution in [3.05, 3.63) is 63.6 Å². The van der Waals surface area contributed by atoms with Crippen molar-refractivity contribution in [1.82, 2.24) is 0 Å². The van der Waals surface area contributed by atoms with Gasteiger partial charge in [-0.3, -0.25) is 4.99 Å². The topological polar surface area (TPSA) is 36.1 Å². The highest BCUT2D eigenvalue weighted by atomic mass is 35.5. The molecule has 0 aliphatic rings. The summed E-state index contributed by atoms with van der Waals surface area (Å²) < 4.78 is 0. The highest BCUT2D eigenvalue weighted by Gasteiger charge is 1.97. The van der Waals surface area contributed by atoms with Crippen LogP contribution in [-0.4, -0.2) is 6.21 Å². The van der Waals surface area contributed by atoms with E-state index in [0.29, 0.717) is 15.6 Å². The van der Waals surface area contributed by atoms with Crippen molar-refractivity contribution in [1.29, 1.82) is 5.26 Å². The lowest BCUT2D eigenvalue weighted by Gasteiger charge is -1.97. The normalized spacial score (nSPS) is 10.5. The first-order valence-electron chi connectivity index (χ1n) is 5.18. The third kappa shape index (κ3) is 3.10. The Labute approximate surface area is 115 Å². The van der Waals surface area contributed by atoms with E-state index in [1.54, 1.807) is 36.5 Å². The summed E-state index contributed by atoms with van der Waals surface area (Å²) in [5, 5.41) is 9.67. The molecule has 0 unspecified atom stereocenters. The zero-order chi connectivity index (χ0) is 13.0. The average molecular weight is 275 g/mol. The zero-order valence-electron chi connectivity index (χ0n) is 9.27. The predicted octanol–water partition coefficient (Wildman–Crippen LogP) is 4.62. The molecule has 2 rings (SSSR count). The molecule has 0 radical (unpaired) electrons. The number of aliphatic imine (C=N–C) groups is 1. The van der Waals surface area contributed by atoms with Crippen molar-refractivity contribution < 1.29 is 0 Å². The first-order chi connectivity index (χ1) is 8.69. The molecule has 0 heterocycles. The highest BCUT2D eigenvalue weighted by molar-refractivity contribution is 6.42. The Kier molecular flexibility index (Phi) is 3.99. The molecular formula is C14H8Cl2N2. The maximum Gasteiger partial charge on any atom is 0.0991 e. The van der Waals surface area contributed by atoms with Crippen molar-refractivity contribution in [2.24, 2.45) is 4.99 Å². The van der Waals surface area contributed by atoms with Crippen LogP contribution in [0.25, 0.3) is 0 Å². The first-order valence-corrected chi connectivity index (χ1v) is 5.94. The fourth-order valence-electron chi connectivity index (χ4n) is 1.36. The van der Waals surface area contributed by atoms with Crippen LogP contribution < -0.4 is 0 Å². The third-order valence-corrected chi connectivity index (χ3v) is 3.04. The van der Waals surface area contributed by atoms with Crippen LogP contribution in [0.3, 0.4) is 0 Å². The van der Waals surface area contributed by atoms with Gasteiger partial charge in [0.2, 0.25) is 0 Å². The van der Waals surface area contributed by atoms with Crippen LogP contribution in [0.5, 0.6) is 0 Å². The Morgan fingerprint density at radius 1 is 1.00 bits per heavy atom. The molecule has 0 aromatic heterocycles. The highest BCUT2D eigenvalue weighted by Crippen LogP contribution is 2.26. The van der Waals surface area contributed by atoms with Gasteiger partial charge in [0, 0.05) is 6.21 Å². The first kappa shape index (κ1) is 12.6. The Bertz CT molecular complexity index is 625. The second-order valence-electron chi connectivity index (χ2n) is 3.59. The molecule has 0 fully saturated rings. The van der Waals surface area contributed by atoms with Gasteiger partial charge in [0.15, 0.2) is 0 Å². The summed E-state index contributed by atoms with van der Waals surface area (Å²) in [5.74, 6) is 0. The van der Waals surface area contributed by atoms with Gasteiger partial charge >= 0.3 is 0 Å². The summed E-state index contributed by atoms with van der Waals surface area (Å²) in [6, 6.07) is 14.4. The minimum absolute atomic E-state index is 0.478. The average Bonchev–Trinajstić information content (AvgIpc) is 2.41. The van der Waals surface area contributed by atoms with Gasteiger partial charge in [0.25, 0.3) is 0 Å². The lowest BCUT2D eigenvalue weighted by atomic mass is 10.2. The molecule has 0 aliphatic heterocycles. The minimum Gasteiger partial charge on any atom is -0.256 e. The summed E-state index contributed by atoms with van der Waals surface area (Å²) in [7, 11) is 0. The standard InChI is InChI=1S/C14H8Cl2N2/c15-13-6-5-12(7-14(13)16)18-9-11-3-1-10(8-17)2-4-11/h1-7,9H. The van der Waals surface area contributed by atoms with Crippen molar-refractivity contribution in [2.75, 3.05) is 0 Å². The van der Waals surface area contributed by atoms with E-state index in [4.69, 9.17) is 28.5 Å². The summed E-state index contributed by atoms with van der Waals surface area (Å²) >= 11 is 11.7. The Morgan fingerprint density at radius 2 is 1.72 bits per heavy atom. The van der Waals surface area contributed by atoms with Crippen LogP contribution in [0, 0.1) is 11.3 Å². The van der Waals surface area contributed by atoms with Gasteiger partial charge in [-0.05, 0) is 35.9 Å². The number of benzene rings is 2. The second-order valence-corrected chi connectivity index (χ2v) is 4.40. The Hall–Kier alpha value is -1.82. The number of nitriles is 1. The van der Waals surface area contributed by atoms with E-state index in [2.05, 4.69) is 11.1 Å². The quantitative estimate of drug-likeness (QED) is 0.737. The van der Waals surface area contributed by atoms with E-state index in [9.17, 15) is 0 Å². The van der Waals surface area contributed by atoms with E-state index in [-0.39, 0.29) is 0 Å². The van der Waals surface area contributed by atoms with Gasteiger partial charge in [-0.2, -0.15) is 5.26 Å². The predicted molar refractivity (Wildman–Crippen MR) is 74.9 cm³/mol.